The van der Waals surface area contributed by atoms with Crippen LogP contribution in [0, 0.1) is 5.82 Å². The number of halogens is 1. The molecule has 0 heterocycles. The standard InChI is InChI=1S/C12H16FNO2S/c1-3-9-14(10-4-2)17(15,16)12-7-5-11(13)6-8-12/h3,5-8H,1,4,9-10H2,2H3. The van der Waals surface area contributed by atoms with Crippen LogP contribution in [0.1, 0.15) is 13.3 Å². The van der Waals surface area contributed by atoms with Gasteiger partial charge in [0.25, 0.3) is 0 Å². The highest BCUT2D eigenvalue weighted by Gasteiger charge is 2.22. The average Bonchev–Trinajstić information content (AvgIpc) is 2.29. The molecule has 0 atom stereocenters. The quantitative estimate of drug-likeness (QED) is 0.734. The van der Waals surface area contributed by atoms with Crippen molar-refractivity contribution >= 4 is 10.0 Å². The van der Waals surface area contributed by atoms with Crippen molar-refractivity contribution in [1.82, 2.24) is 4.31 Å². The van der Waals surface area contributed by atoms with Crippen LogP contribution in [0.25, 0.3) is 0 Å². The Hall–Kier alpha value is -1.20. The van der Waals surface area contributed by atoms with Gasteiger partial charge in [-0.25, -0.2) is 12.8 Å². The van der Waals surface area contributed by atoms with Crippen molar-refractivity contribution in [2.24, 2.45) is 0 Å². The maximum absolute atomic E-state index is 12.7. The van der Waals surface area contributed by atoms with Crippen molar-refractivity contribution in [3.63, 3.8) is 0 Å². The lowest BCUT2D eigenvalue weighted by Crippen LogP contribution is -2.31. The highest BCUT2D eigenvalue weighted by atomic mass is 32.2. The molecule has 1 aromatic carbocycles. The van der Waals surface area contributed by atoms with Crippen LogP contribution in [0.4, 0.5) is 4.39 Å². The molecule has 0 fully saturated rings. The molecule has 0 aliphatic carbocycles. The van der Waals surface area contributed by atoms with Gasteiger partial charge in [-0.05, 0) is 30.7 Å². The summed E-state index contributed by atoms with van der Waals surface area (Å²) in [7, 11) is -3.55. The van der Waals surface area contributed by atoms with Crippen molar-refractivity contribution in [2.45, 2.75) is 18.2 Å². The van der Waals surface area contributed by atoms with Crippen LogP contribution < -0.4 is 0 Å². The van der Waals surface area contributed by atoms with Crippen molar-refractivity contribution < 1.29 is 12.8 Å². The van der Waals surface area contributed by atoms with Gasteiger partial charge in [0.1, 0.15) is 5.82 Å². The molecule has 1 aromatic rings. The Balaban J connectivity index is 3.06. The maximum atomic E-state index is 12.7. The third kappa shape index (κ3) is 3.38. The normalized spacial score (nSPS) is 11.7. The molecule has 0 radical (unpaired) electrons. The summed E-state index contributed by atoms with van der Waals surface area (Å²) in [6.45, 7) is 6.12. The van der Waals surface area contributed by atoms with Crippen LogP contribution in [-0.2, 0) is 10.0 Å². The SMILES string of the molecule is C=CCN(CCC)S(=O)(=O)c1ccc(F)cc1. The first-order valence-corrected chi connectivity index (χ1v) is 6.83. The van der Waals surface area contributed by atoms with Crippen LogP contribution in [0.3, 0.4) is 0 Å². The molecule has 1 rings (SSSR count). The predicted molar refractivity (Wildman–Crippen MR) is 65.6 cm³/mol. The fourth-order valence-corrected chi connectivity index (χ4v) is 2.96. The zero-order valence-electron chi connectivity index (χ0n) is 9.77. The van der Waals surface area contributed by atoms with Gasteiger partial charge in [-0.2, -0.15) is 4.31 Å². The van der Waals surface area contributed by atoms with E-state index in [9.17, 15) is 12.8 Å². The summed E-state index contributed by atoms with van der Waals surface area (Å²) in [6, 6.07) is 4.84. The van der Waals surface area contributed by atoms with E-state index < -0.39 is 15.8 Å². The lowest BCUT2D eigenvalue weighted by molar-refractivity contribution is 0.441. The van der Waals surface area contributed by atoms with Crippen molar-refractivity contribution in [1.29, 1.82) is 0 Å². The molecule has 94 valence electrons. The van der Waals surface area contributed by atoms with Gasteiger partial charge in [0.05, 0.1) is 4.90 Å². The Kier molecular flexibility index (Phi) is 4.84. The molecule has 0 amide bonds. The van der Waals surface area contributed by atoms with Crippen LogP contribution in [0.2, 0.25) is 0 Å². The van der Waals surface area contributed by atoms with Crippen LogP contribution in [0.15, 0.2) is 41.8 Å². The summed E-state index contributed by atoms with van der Waals surface area (Å²) in [5, 5.41) is 0. The first-order chi connectivity index (χ1) is 8.02. The molecule has 0 bridgehead atoms. The lowest BCUT2D eigenvalue weighted by atomic mass is 10.4. The van der Waals surface area contributed by atoms with Gasteiger partial charge >= 0.3 is 0 Å². The first kappa shape index (κ1) is 13.9. The van der Waals surface area contributed by atoms with E-state index in [4.69, 9.17) is 0 Å². The van der Waals surface area contributed by atoms with Gasteiger partial charge in [0.2, 0.25) is 10.0 Å². The summed E-state index contributed by atoms with van der Waals surface area (Å²) < 4.78 is 38.4. The largest absolute Gasteiger partial charge is 0.243 e. The molecule has 3 nitrogen and oxygen atoms in total. The third-order valence-electron chi connectivity index (χ3n) is 2.26. The van der Waals surface area contributed by atoms with Crippen molar-refractivity contribution in [3.8, 4) is 0 Å². The highest BCUT2D eigenvalue weighted by Crippen LogP contribution is 2.16. The molecule has 0 saturated carbocycles. The minimum atomic E-state index is -3.55. The molecular weight excluding hydrogens is 241 g/mol. The maximum Gasteiger partial charge on any atom is 0.243 e. The Morgan fingerprint density at radius 1 is 1.35 bits per heavy atom. The first-order valence-electron chi connectivity index (χ1n) is 5.39. The fourth-order valence-electron chi connectivity index (χ4n) is 1.46. The number of nitrogens with zero attached hydrogens (tertiary/aromatic N) is 1. The molecule has 5 heteroatoms. The Morgan fingerprint density at radius 3 is 2.41 bits per heavy atom. The zero-order valence-corrected chi connectivity index (χ0v) is 10.6. The molecule has 0 unspecified atom stereocenters. The molecule has 0 aliphatic heterocycles. The summed E-state index contributed by atoms with van der Waals surface area (Å²) in [6.07, 6.45) is 2.25. The second-order valence-corrected chi connectivity index (χ2v) is 5.54. The minimum Gasteiger partial charge on any atom is -0.207 e. The number of hydrogen-bond donors (Lipinski definition) is 0. The monoisotopic (exact) mass is 257 g/mol. The summed E-state index contributed by atoms with van der Waals surface area (Å²) >= 11 is 0. The smallest absolute Gasteiger partial charge is 0.207 e. The molecule has 0 N–H and O–H groups in total. The van der Waals surface area contributed by atoms with E-state index in [2.05, 4.69) is 6.58 Å². The van der Waals surface area contributed by atoms with Crippen molar-refractivity contribution in [3.05, 3.63) is 42.7 Å². The molecule has 0 aliphatic rings. The molecule has 0 saturated heterocycles. The highest BCUT2D eigenvalue weighted by molar-refractivity contribution is 7.89. The second kappa shape index (κ2) is 5.93. The van der Waals surface area contributed by atoms with Crippen LogP contribution in [0.5, 0.6) is 0 Å². The summed E-state index contributed by atoms with van der Waals surface area (Å²) in [5.74, 6) is -0.449. The molecule has 0 spiro atoms. The number of rotatable bonds is 6. The lowest BCUT2D eigenvalue weighted by Gasteiger charge is -2.19. The molecular formula is C12H16FNO2S. The number of benzene rings is 1. The fraction of sp³-hybridized carbons (Fsp3) is 0.333. The predicted octanol–water partition coefficient (Wildman–Crippen LogP) is 2.41. The van der Waals surface area contributed by atoms with Gasteiger partial charge in [-0.15, -0.1) is 6.58 Å². The number of hydrogen-bond acceptors (Lipinski definition) is 2. The molecule has 17 heavy (non-hydrogen) atoms. The summed E-state index contributed by atoms with van der Waals surface area (Å²) in [4.78, 5) is 0.106. The third-order valence-corrected chi connectivity index (χ3v) is 4.14. The van der Waals surface area contributed by atoms with Crippen LogP contribution >= 0.6 is 0 Å². The van der Waals surface area contributed by atoms with Gasteiger partial charge in [-0.3, -0.25) is 0 Å². The van der Waals surface area contributed by atoms with E-state index in [1.165, 1.54) is 22.5 Å². The van der Waals surface area contributed by atoms with Crippen molar-refractivity contribution in [2.75, 3.05) is 13.1 Å². The Bertz CT molecular complexity index is 468. The van der Waals surface area contributed by atoms with Gasteiger partial charge in [-0.1, -0.05) is 13.0 Å². The zero-order chi connectivity index (χ0) is 12.9. The van der Waals surface area contributed by atoms with E-state index in [0.717, 1.165) is 12.1 Å². The Morgan fingerprint density at radius 2 is 1.94 bits per heavy atom. The van der Waals surface area contributed by atoms with Gasteiger partial charge < -0.3 is 0 Å². The van der Waals surface area contributed by atoms with E-state index >= 15 is 0 Å². The van der Waals surface area contributed by atoms with Gasteiger partial charge in [0, 0.05) is 13.1 Å². The molecule has 0 aromatic heterocycles. The minimum absolute atomic E-state index is 0.106. The van der Waals surface area contributed by atoms with E-state index in [1.807, 2.05) is 6.92 Å². The number of sulfonamides is 1. The van der Waals surface area contributed by atoms with Crippen LogP contribution in [-0.4, -0.2) is 25.8 Å². The van der Waals surface area contributed by atoms with Gasteiger partial charge in [0.15, 0.2) is 0 Å². The topological polar surface area (TPSA) is 37.4 Å². The van der Waals surface area contributed by atoms with E-state index in [1.54, 1.807) is 0 Å². The Labute approximate surface area is 102 Å². The van der Waals surface area contributed by atoms with E-state index in [-0.39, 0.29) is 11.4 Å². The average molecular weight is 257 g/mol. The second-order valence-electron chi connectivity index (χ2n) is 3.61. The van der Waals surface area contributed by atoms with E-state index in [0.29, 0.717) is 13.0 Å². The summed E-state index contributed by atoms with van der Waals surface area (Å²) in [5.41, 5.74) is 0.